The summed E-state index contributed by atoms with van der Waals surface area (Å²) in [6.45, 7) is 4.42. The Morgan fingerprint density at radius 1 is 1.10 bits per heavy atom. The van der Waals surface area contributed by atoms with Gasteiger partial charge in [-0.15, -0.1) is 0 Å². The van der Waals surface area contributed by atoms with Crippen molar-refractivity contribution in [1.29, 1.82) is 0 Å². The Morgan fingerprint density at radius 2 is 1.77 bits per heavy atom. The van der Waals surface area contributed by atoms with Crippen molar-refractivity contribution in [3.05, 3.63) is 75.6 Å². The third-order valence-electron chi connectivity index (χ3n) is 5.49. The van der Waals surface area contributed by atoms with Gasteiger partial charge in [0.2, 0.25) is 0 Å². The van der Waals surface area contributed by atoms with Gasteiger partial charge in [0.1, 0.15) is 16.4 Å². The minimum absolute atomic E-state index is 0.109. The van der Waals surface area contributed by atoms with E-state index in [0.717, 1.165) is 18.2 Å². The van der Waals surface area contributed by atoms with Crippen molar-refractivity contribution < 1.29 is 47.0 Å². The number of hydrogen-bond acceptors (Lipinski definition) is 11. The van der Waals surface area contributed by atoms with Gasteiger partial charge in [0.25, 0.3) is 10.1 Å². The number of esters is 2. The summed E-state index contributed by atoms with van der Waals surface area (Å²) >= 11 is 6.42. The second-order valence-corrected chi connectivity index (χ2v) is 9.99. The van der Waals surface area contributed by atoms with Gasteiger partial charge in [0, 0.05) is 23.3 Å². The molecule has 0 amide bonds. The second-order valence-electron chi connectivity index (χ2n) is 8.19. The van der Waals surface area contributed by atoms with Crippen LogP contribution >= 0.6 is 11.6 Å². The van der Waals surface area contributed by atoms with Crippen molar-refractivity contribution in [2.24, 2.45) is 5.73 Å². The number of hydrogen-bond donors (Lipinski definition) is 5. The highest BCUT2D eigenvalue weighted by molar-refractivity contribution is 7.86. The summed E-state index contributed by atoms with van der Waals surface area (Å²) in [5.41, 5.74) is 7.70. The molecular formula is C26H31ClN2O10S. The van der Waals surface area contributed by atoms with Gasteiger partial charge in [-0.2, -0.15) is 8.42 Å². The van der Waals surface area contributed by atoms with Gasteiger partial charge in [-0.3, -0.25) is 4.55 Å². The zero-order valence-electron chi connectivity index (χ0n) is 22.0. The molecule has 0 fully saturated rings. The summed E-state index contributed by atoms with van der Waals surface area (Å²) in [7, 11) is -3.17. The van der Waals surface area contributed by atoms with E-state index in [1.165, 1.54) is 7.11 Å². The maximum Gasteiger partial charge on any atom is 0.336 e. The molecule has 0 aliphatic carbocycles. The standard InChI is InChI=1S/C20H25ClN2O5.C6H6O5S/c1-4-28-20(25)18-15(11-27-10-9-22)23-12(2)16(19(24)26-3)17(18)13-7-5-6-8-14(13)21;7-4-1-2-5(8)6(3-4)12(9,10)11/h5-8,17,23H,4,9-11,22H2,1-3H3;1-3,7-8H,(H,9,10,11)/t17-;/m0./s1. The first-order chi connectivity index (χ1) is 18.9. The van der Waals surface area contributed by atoms with Crippen molar-refractivity contribution in [3.63, 3.8) is 0 Å². The number of halogens is 1. The van der Waals surface area contributed by atoms with E-state index >= 15 is 0 Å². The van der Waals surface area contributed by atoms with Crippen LogP contribution in [0.4, 0.5) is 0 Å². The van der Waals surface area contributed by atoms with Gasteiger partial charge >= 0.3 is 11.9 Å². The average molecular weight is 599 g/mol. The first kappa shape index (κ1) is 32.6. The first-order valence-corrected chi connectivity index (χ1v) is 13.7. The fourth-order valence-electron chi connectivity index (χ4n) is 3.83. The number of methoxy groups -OCH3 is 1. The Labute approximate surface area is 236 Å². The highest BCUT2D eigenvalue weighted by atomic mass is 35.5. The van der Waals surface area contributed by atoms with Crippen molar-refractivity contribution in [3.8, 4) is 11.5 Å². The van der Waals surface area contributed by atoms with E-state index in [9.17, 15) is 18.0 Å². The zero-order chi connectivity index (χ0) is 30.0. The summed E-state index contributed by atoms with van der Waals surface area (Å²) in [5.74, 6) is -2.81. The lowest BCUT2D eigenvalue weighted by Gasteiger charge is -2.31. The molecule has 0 bridgehead atoms. The number of nitrogens with two attached hydrogens (primary N) is 1. The van der Waals surface area contributed by atoms with Crippen molar-refractivity contribution in [2.45, 2.75) is 24.7 Å². The van der Waals surface area contributed by atoms with E-state index < -0.39 is 38.6 Å². The van der Waals surface area contributed by atoms with E-state index in [4.69, 9.17) is 46.3 Å². The molecule has 1 atom stereocenters. The number of phenols is 2. The third kappa shape index (κ3) is 8.19. The number of rotatable bonds is 9. The topological polar surface area (TPSA) is 195 Å². The van der Waals surface area contributed by atoms with Crippen molar-refractivity contribution in [2.75, 3.05) is 33.5 Å². The molecule has 0 saturated carbocycles. The fraction of sp³-hybridized carbons (Fsp3) is 0.308. The highest BCUT2D eigenvalue weighted by Gasteiger charge is 2.39. The van der Waals surface area contributed by atoms with Crippen LogP contribution in [0.15, 0.2) is 69.9 Å². The van der Waals surface area contributed by atoms with E-state index in [1.54, 1.807) is 38.1 Å². The smallest absolute Gasteiger partial charge is 0.336 e. The molecule has 3 rings (SSSR count). The van der Waals surface area contributed by atoms with Gasteiger partial charge in [-0.25, -0.2) is 9.59 Å². The number of phenolic OH excluding ortho intramolecular Hbond substituents is 2. The summed E-state index contributed by atoms with van der Waals surface area (Å²) in [6, 6.07) is 9.87. The Bertz CT molecular complexity index is 1410. The number of carbonyl (C=O) groups excluding carboxylic acids is 2. The molecule has 40 heavy (non-hydrogen) atoms. The number of ether oxygens (including phenoxy) is 3. The molecule has 1 aliphatic heterocycles. The molecule has 0 radical (unpaired) electrons. The lowest BCUT2D eigenvalue weighted by atomic mass is 9.80. The van der Waals surface area contributed by atoms with Crippen LogP contribution in [0.3, 0.4) is 0 Å². The van der Waals surface area contributed by atoms with Crippen LogP contribution in [-0.4, -0.2) is 68.6 Å². The minimum Gasteiger partial charge on any atom is -0.508 e. The maximum atomic E-state index is 12.9. The Hall–Kier alpha value is -3.62. The molecular weight excluding hydrogens is 568 g/mol. The van der Waals surface area contributed by atoms with Crippen LogP contribution in [0.25, 0.3) is 0 Å². The average Bonchev–Trinajstić information content (AvgIpc) is 2.89. The quantitative estimate of drug-likeness (QED) is 0.123. The second kappa shape index (κ2) is 14.7. The summed E-state index contributed by atoms with van der Waals surface area (Å²) < 4.78 is 45.3. The minimum atomic E-state index is -4.47. The summed E-state index contributed by atoms with van der Waals surface area (Å²) in [4.78, 5) is 24.8. The molecule has 12 nitrogen and oxygen atoms in total. The third-order valence-corrected chi connectivity index (χ3v) is 6.72. The number of nitrogens with one attached hydrogen (secondary N) is 1. The SMILES string of the molecule is CCOC(=O)C1=C(COCCN)NC(C)=C(C(=O)OC)[C@@H]1c1ccccc1Cl.O=S(=O)(O)c1cc(O)ccc1O. The molecule has 0 spiro atoms. The Balaban J connectivity index is 0.000000389. The summed E-state index contributed by atoms with van der Waals surface area (Å²) in [6.07, 6.45) is 0. The molecule has 1 aliphatic rings. The summed E-state index contributed by atoms with van der Waals surface area (Å²) in [5, 5.41) is 21.3. The molecule has 14 heteroatoms. The van der Waals surface area contributed by atoms with Crippen molar-refractivity contribution >= 4 is 33.7 Å². The molecule has 2 aromatic carbocycles. The van der Waals surface area contributed by atoms with Gasteiger partial charge in [0.05, 0.1) is 49.7 Å². The molecule has 0 unspecified atom stereocenters. The lowest BCUT2D eigenvalue weighted by molar-refractivity contribution is -0.139. The highest BCUT2D eigenvalue weighted by Crippen LogP contribution is 2.41. The van der Waals surface area contributed by atoms with Crippen LogP contribution in [0.1, 0.15) is 25.3 Å². The van der Waals surface area contributed by atoms with Crippen molar-refractivity contribution in [1.82, 2.24) is 5.32 Å². The van der Waals surface area contributed by atoms with Gasteiger partial charge < -0.3 is 35.5 Å². The normalized spacial score (nSPS) is 15.1. The van der Waals surface area contributed by atoms with Crippen LogP contribution in [0.2, 0.25) is 5.02 Å². The molecule has 0 aromatic heterocycles. The zero-order valence-corrected chi connectivity index (χ0v) is 23.6. The molecule has 2 aromatic rings. The number of dihydropyridines is 1. The number of carbonyl (C=O) groups is 2. The predicted octanol–water partition coefficient (Wildman–Crippen LogP) is 2.61. The molecule has 1 heterocycles. The van der Waals surface area contributed by atoms with E-state index in [-0.39, 0.29) is 24.5 Å². The number of aromatic hydroxyl groups is 2. The Morgan fingerprint density at radius 3 is 2.33 bits per heavy atom. The van der Waals surface area contributed by atoms with Crippen LogP contribution < -0.4 is 11.1 Å². The monoisotopic (exact) mass is 598 g/mol. The van der Waals surface area contributed by atoms with Gasteiger partial charge in [0.15, 0.2) is 0 Å². The molecule has 218 valence electrons. The largest absolute Gasteiger partial charge is 0.508 e. The lowest BCUT2D eigenvalue weighted by Crippen LogP contribution is -2.35. The predicted molar refractivity (Wildman–Crippen MR) is 145 cm³/mol. The van der Waals surface area contributed by atoms with Crippen LogP contribution in [-0.2, 0) is 33.9 Å². The maximum absolute atomic E-state index is 12.9. The Kier molecular flexibility index (Phi) is 12.0. The number of benzene rings is 2. The number of allylic oxidation sites excluding steroid dienone is 1. The van der Waals surface area contributed by atoms with Crippen LogP contribution in [0.5, 0.6) is 11.5 Å². The fourth-order valence-corrected chi connectivity index (χ4v) is 4.67. The van der Waals surface area contributed by atoms with E-state index in [1.807, 2.05) is 0 Å². The van der Waals surface area contributed by atoms with Gasteiger partial charge in [-0.1, -0.05) is 29.8 Å². The van der Waals surface area contributed by atoms with Gasteiger partial charge in [-0.05, 0) is 37.6 Å². The van der Waals surface area contributed by atoms with E-state index in [2.05, 4.69) is 5.32 Å². The molecule has 0 saturated heterocycles. The molecule has 6 N–H and O–H groups in total. The van der Waals surface area contributed by atoms with E-state index in [0.29, 0.717) is 40.7 Å². The van der Waals surface area contributed by atoms with Crippen LogP contribution in [0, 0.1) is 0 Å². The first-order valence-electron chi connectivity index (χ1n) is 11.8.